The van der Waals surface area contributed by atoms with Crippen LogP contribution >= 0.6 is 0 Å². The van der Waals surface area contributed by atoms with E-state index in [2.05, 4.69) is 154 Å². The SMILES string of the molecule is COc1ccc(N(c2ccc(OC)cc2)c2cc(-n3c4ccccc4c4ccccc43)cc(-n3c4ccccc4c4ccccc43)c2)cc1. The second-order valence-corrected chi connectivity index (χ2v) is 12.2. The average Bonchev–Trinajstić information content (AvgIpc) is 3.69. The Hall–Kier alpha value is -6.46. The van der Waals surface area contributed by atoms with Crippen molar-refractivity contribution in [1.29, 1.82) is 0 Å². The van der Waals surface area contributed by atoms with E-state index in [1.54, 1.807) is 14.2 Å². The van der Waals surface area contributed by atoms with Crippen LogP contribution in [-0.2, 0) is 0 Å². The van der Waals surface area contributed by atoms with Gasteiger partial charge in [-0.15, -0.1) is 0 Å². The molecule has 5 heteroatoms. The molecule has 0 atom stereocenters. The van der Waals surface area contributed by atoms with Gasteiger partial charge in [0.15, 0.2) is 0 Å². The summed E-state index contributed by atoms with van der Waals surface area (Å²) < 4.78 is 15.9. The maximum absolute atomic E-state index is 5.55. The molecule has 0 unspecified atom stereocenters. The van der Waals surface area contributed by atoms with E-state index in [0.717, 1.165) is 62.0 Å². The van der Waals surface area contributed by atoms with E-state index in [4.69, 9.17) is 9.47 Å². The number of fused-ring (bicyclic) bond motifs is 6. The highest BCUT2D eigenvalue weighted by Crippen LogP contribution is 2.41. The fourth-order valence-corrected chi connectivity index (χ4v) is 7.28. The van der Waals surface area contributed by atoms with Gasteiger partial charge in [0.2, 0.25) is 0 Å². The van der Waals surface area contributed by atoms with E-state index in [1.807, 2.05) is 24.3 Å². The number of hydrogen-bond donors (Lipinski definition) is 0. The predicted molar refractivity (Wildman–Crippen MR) is 203 cm³/mol. The van der Waals surface area contributed by atoms with Crippen molar-refractivity contribution in [2.75, 3.05) is 19.1 Å². The summed E-state index contributed by atoms with van der Waals surface area (Å²) in [5.41, 5.74) is 9.83. The van der Waals surface area contributed by atoms with E-state index in [-0.39, 0.29) is 0 Å². The number of para-hydroxylation sites is 4. The molecule has 0 aliphatic carbocycles. The molecule has 49 heavy (non-hydrogen) atoms. The average molecular weight is 636 g/mol. The highest BCUT2D eigenvalue weighted by atomic mass is 16.5. The number of rotatable bonds is 7. The Morgan fingerprint density at radius 1 is 0.367 bits per heavy atom. The summed E-state index contributed by atoms with van der Waals surface area (Å²) in [5, 5.41) is 4.90. The van der Waals surface area contributed by atoms with E-state index >= 15 is 0 Å². The third-order valence-electron chi connectivity index (χ3n) is 9.48. The highest BCUT2D eigenvalue weighted by molar-refractivity contribution is 6.10. The number of benzene rings is 7. The Morgan fingerprint density at radius 3 is 1.02 bits per heavy atom. The van der Waals surface area contributed by atoms with Crippen LogP contribution in [0.4, 0.5) is 17.1 Å². The van der Waals surface area contributed by atoms with Crippen molar-refractivity contribution >= 4 is 60.7 Å². The Morgan fingerprint density at radius 2 is 0.694 bits per heavy atom. The van der Waals surface area contributed by atoms with E-state index in [0.29, 0.717) is 0 Å². The molecule has 0 bridgehead atoms. The van der Waals surface area contributed by atoms with Gasteiger partial charge in [0, 0.05) is 32.9 Å². The normalized spacial score (nSPS) is 11.5. The molecule has 236 valence electrons. The molecule has 0 saturated heterocycles. The lowest BCUT2D eigenvalue weighted by atomic mass is 10.1. The van der Waals surface area contributed by atoms with Crippen LogP contribution in [-0.4, -0.2) is 23.4 Å². The van der Waals surface area contributed by atoms with E-state index in [1.165, 1.54) is 21.5 Å². The van der Waals surface area contributed by atoms with Gasteiger partial charge in [0.1, 0.15) is 11.5 Å². The summed E-state index contributed by atoms with van der Waals surface area (Å²) in [6, 6.07) is 58.1. The van der Waals surface area contributed by atoms with Gasteiger partial charge in [-0.3, -0.25) is 0 Å². The number of methoxy groups -OCH3 is 2. The minimum Gasteiger partial charge on any atom is -0.497 e. The molecule has 0 amide bonds. The quantitative estimate of drug-likeness (QED) is 0.175. The topological polar surface area (TPSA) is 31.6 Å². The van der Waals surface area contributed by atoms with Gasteiger partial charge < -0.3 is 23.5 Å². The van der Waals surface area contributed by atoms with Gasteiger partial charge >= 0.3 is 0 Å². The van der Waals surface area contributed by atoms with Crippen molar-refractivity contribution in [2.45, 2.75) is 0 Å². The summed E-state index contributed by atoms with van der Waals surface area (Å²) in [6.45, 7) is 0. The van der Waals surface area contributed by atoms with Crippen LogP contribution in [0.15, 0.2) is 164 Å². The lowest BCUT2D eigenvalue weighted by Crippen LogP contribution is -2.12. The van der Waals surface area contributed by atoms with Crippen molar-refractivity contribution in [3.8, 4) is 22.9 Å². The third kappa shape index (κ3) is 4.70. The molecule has 0 spiro atoms. The maximum Gasteiger partial charge on any atom is 0.119 e. The molecule has 9 aromatic rings. The Kier molecular flexibility index (Phi) is 6.83. The fraction of sp³-hybridized carbons (Fsp3) is 0.0455. The van der Waals surface area contributed by atoms with Crippen LogP contribution in [0, 0.1) is 0 Å². The van der Waals surface area contributed by atoms with Gasteiger partial charge in [-0.25, -0.2) is 0 Å². The van der Waals surface area contributed by atoms with E-state index in [9.17, 15) is 0 Å². The highest BCUT2D eigenvalue weighted by Gasteiger charge is 2.20. The van der Waals surface area contributed by atoms with Crippen LogP contribution in [0.5, 0.6) is 11.5 Å². The van der Waals surface area contributed by atoms with Crippen LogP contribution < -0.4 is 14.4 Å². The molecule has 0 N–H and O–H groups in total. The lowest BCUT2D eigenvalue weighted by molar-refractivity contribution is 0.415. The van der Waals surface area contributed by atoms with Crippen LogP contribution in [0.25, 0.3) is 55.0 Å². The predicted octanol–water partition coefficient (Wildman–Crippen LogP) is 11.4. The Labute approximate surface area is 284 Å². The Balaban J connectivity index is 1.39. The van der Waals surface area contributed by atoms with Gasteiger partial charge in [0.25, 0.3) is 0 Å². The van der Waals surface area contributed by atoms with E-state index < -0.39 is 0 Å². The summed E-state index contributed by atoms with van der Waals surface area (Å²) >= 11 is 0. The molecule has 0 fully saturated rings. The summed E-state index contributed by atoms with van der Waals surface area (Å²) in [6.07, 6.45) is 0. The molecule has 2 aromatic heterocycles. The van der Waals surface area contributed by atoms with Crippen molar-refractivity contribution in [2.24, 2.45) is 0 Å². The zero-order valence-electron chi connectivity index (χ0n) is 27.2. The molecule has 0 aliphatic heterocycles. The van der Waals surface area contributed by atoms with Crippen molar-refractivity contribution in [1.82, 2.24) is 9.13 Å². The largest absolute Gasteiger partial charge is 0.497 e. The Bertz CT molecular complexity index is 2350. The van der Waals surface area contributed by atoms with Gasteiger partial charge in [-0.05, 0) is 91.0 Å². The smallest absolute Gasteiger partial charge is 0.119 e. The van der Waals surface area contributed by atoms with Crippen molar-refractivity contribution in [3.05, 3.63) is 164 Å². The summed E-state index contributed by atoms with van der Waals surface area (Å²) in [4.78, 5) is 2.30. The first kappa shape index (κ1) is 28.7. The van der Waals surface area contributed by atoms with Gasteiger partial charge in [0.05, 0.1) is 53.3 Å². The van der Waals surface area contributed by atoms with Crippen molar-refractivity contribution in [3.63, 3.8) is 0 Å². The first-order valence-electron chi connectivity index (χ1n) is 16.4. The third-order valence-corrected chi connectivity index (χ3v) is 9.48. The number of nitrogens with zero attached hydrogens (tertiary/aromatic N) is 3. The zero-order chi connectivity index (χ0) is 32.9. The minimum absolute atomic E-state index is 0.809. The summed E-state index contributed by atoms with van der Waals surface area (Å²) in [7, 11) is 3.40. The zero-order valence-corrected chi connectivity index (χ0v) is 27.2. The van der Waals surface area contributed by atoms with Crippen LogP contribution in [0.1, 0.15) is 0 Å². The minimum atomic E-state index is 0.809. The molecular weight excluding hydrogens is 603 g/mol. The van der Waals surface area contributed by atoms with Crippen molar-refractivity contribution < 1.29 is 9.47 Å². The molecule has 0 radical (unpaired) electrons. The second-order valence-electron chi connectivity index (χ2n) is 12.2. The molecule has 0 aliphatic rings. The lowest BCUT2D eigenvalue weighted by Gasteiger charge is -2.27. The summed E-state index contributed by atoms with van der Waals surface area (Å²) in [5.74, 6) is 1.62. The number of hydrogen-bond acceptors (Lipinski definition) is 3. The number of aromatic nitrogens is 2. The van der Waals surface area contributed by atoms with Gasteiger partial charge in [-0.2, -0.15) is 0 Å². The molecule has 2 heterocycles. The first-order valence-corrected chi connectivity index (χ1v) is 16.4. The monoisotopic (exact) mass is 635 g/mol. The molecular formula is C44H33N3O2. The number of ether oxygens (including phenoxy) is 2. The molecule has 9 rings (SSSR count). The van der Waals surface area contributed by atoms with Gasteiger partial charge in [-0.1, -0.05) is 72.8 Å². The molecule has 7 aromatic carbocycles. The second kappa shape index (κ2) is 11.7. The van der Waals surface area contributed by atoms with Crippen LogP contribution in [0.3, 0.4) is 0 Å². The first-order chi connectivity index (χ1) is 24.2. The fourth-order valence-electron chi connectivity index (χ4n) is 7.28. The maximum atomic E-state index is 5.55. The molecule has 5 nitrogen and oxygen atoms in total. The standard InChI is InChI=1S/C44H33N3O2/c1-48-35-23-19-30(20-24-35)45(31-21-25-36(49-2)26-22-31)32-27-33(46-41-15-7-3-11-37(41)38-12-4-8-16-42(38)46)29-34(28-32)47-43-17-9-5-13-39(43)40-14-6-10-18-44(40)47/h3-29H,1-2H3. The number of anilines is 3. The van der Waals surface area contributed by atoms with Crippen LogP contribution in [0.2, 0.25) is 0 Å². The molecule has 0 saturated carbocycles.